The standard InChI is InChI=1S/C29H45GeN3S/c1-23(2)13-15-30(16-14-24(3)4)33(21-22-34-30)20-19-32-18-17-31-29(32)25(5)27-12-8-10-26-9-6-7-11-28(26)27/h6-12,23-25H,13-22H2,1-5H3. The number of hydrogen-bond acceptors (Lipinski definition) is 4. The van der Waals surface area contributed by atoms with Crippen molar-refractivity contribution in [1.29, 1.82) is 0 Å². The molecule has 2 aromatic rings. The van der Waals surface area contributed by atoms with Crippen LogP contribution >= 0.6 is 10.1 Å². The van der Waals surface area contributed by atoms with E-state index in [9.17, 15) is 0 Å². The van der Waals surface area contributed by atoms with Gasteiger partial charge in [-0.3, -0.25) is 0 Å². The molecule has 0 bridgehead atoms. The van der Waals surface area contributed by atoms with E-state index in [4.69, 9.17) is 4.99 Å². The predicted octanol–water partition coefficient (Wildman–Crippen LogP) is 7.24. The van der Waals surface area contributed by atoms with Gasteiger partial charge in [0.2, 0.25) is 0 Å². The van der Waals surface area contributed by atoms with Gasteiger partial charge in [0.05, 0.1) is 0 Å². The van der Waals surface area contributed by atoms with Gasteiger partial charge in [-0.1, -0.05) is 0 Å². The van der Waals surface area contributed by atoms with Crippen LogP contribution in [0.3, 0.4) is 0 Å². The maximum atomic E-state index is 5.04. The molecule has 4 rings (SSSR count). The van der Waals surface area contributed by atoms with E-state index in [2.05, 4.69) is 95.9 Å². The van der Waals surface area contributed by atoms with Gasteiger partial charge in [0, 0.05) is 0 Å². The Labute approximate surface area is 214 Å². The maximum absolute atomic E-state index is 5.04. The SMILES string of the molecule is CC(C)C[CH2][Ge]1([CH2]CC(C)C)[S]CC[N]1CCN1CCN=C1C(C)c1cccc2ccccc12. The Bertz CT molecular complexity index is 956. The molecule has 3 nitrogen and oxygen atoms in total. The molecule has 0 aliphatic carbocycles. The van der Waals surface area contributed by atoms with Crippen molar-refractivity contribution in [3.63, 3.8) is 0 Å². The summed E-state index contributed by atoms with van der Waals surface area (Å²) in [6.07, 6.45) is 2.83. The zero-order chi connectivity index (χ0) is 24.1. The molecule has 1 unspecified atom stereocenters. The number of rotatable bonds is 11. The van der Waals surface area contributed by atoms with E-state index in [0.29, 0.717) is 5.92 Å². The molecule has 2 aliphatic rings. The monoisotopic (exact) mass is 541 g/mol. The number of aliphatic imine (C=N–C) groups is 1. The van der Waals surface area contributed by atoms with Crippen LogP contribution in [-0.4, -0.2) is 65.4 Å². The summed E-state index contributed by atoms with van der Waals surface area (Å²) in [5, 5.41) is 5.74. The zero-order valence-corrected chi connectivity index (χ0v) is 25.0. The van der Waals surface area contributed by atoms with Crippen LogP contribution in [0.15, 0.2) is 47.5 Å². The number of fused-ring (bicyclic) bond motifs is 1. The van der Waals surface area contributed by atoms with Gasteiger partial charge >= 0.3 is 215 Å². The average Bonchev–Trinajstić information content (AvgIpc) is 3.46. The molecule has 0 saturated carbocycles. The Balaban J connectivity index is 1.46. The average molecular weight is 540 g/mol. The molecule has 1 fully saturated rings. The molecule has 34 heavy (non-hydrogen) atoms. The van der Waals surface area contributed by atoms with Gasteiger partial charge in [0.25, 0.3) is 0 Å². The van der Waals surface area contributed by atoms with Crippen molar-refractivity contribution >= 4 is 39.0 Å². The van der Waals surface area contributed by atoms with Crippen LogP contribution in [0.1, 0.15) is 58.9 Å². The first kappa shape index (κ1) is 26.1. The van der Waals surface area contributed by atoms with Crippen LogP contribution < -0.4 is 0 Å². The number of benzene rings is 2. The summed E-state index contributed by atoms with van der Waals surface area (Å²) in [6.45, 7) is 17.7. The summed E-state index contributed by atoms with van der Waals surface area (Å²) in [5.74, 6) is 4.66. The third-order valence-electron chi connectivity index (χ3n) is 7.82. The molecule has 2 heterocycles. The van der Waals surface area contributed by atoms with E-state index >= 15 is 0 Å². The fraction of sp³-hybridized carbons (Fsp3) is 0.621. The molecule has 2 aliphatic heterocycles. The van der Waals surface area contributed by atoms with Gasteiger partial charge in [-0.2, -0.15) is 0 Å². The number of nitrogens with zero attached hydrogens (tertiary/aromatic N) is 3. The number of hydrogen-bond donors (Lipinski definition) is 0. The van der Waals surface area contributed by atoms with Crippen molar-refractivity contribution in [2.75, 3.05) is 38.5 Å². The third-order valence-corrected chi connectivity index (χ3v) is 24.7. The Morgan fingerprint density at radius 2 is 1.59 bits per heavy atom. The molecule has 0 spiro atoms. The van der Waals surface area contributed by atoms with Crippen LogP contribution in [0.25, 0.3) is 10.8 Å². The van der Waals surface area contributed by atoms with E-state index in [0.717, 1.165) is 31.5 Å². The van der Waals surface area contributed by atoms with Gasteiger partial charge in [0.1, 0.15) is 0 Å². The van der Waals surface area contributed by atoms with Crippen molar-refractivity contribution in [2.24, 2.45) is 16.8 Å². The van der Waals surface area contributed by atoms with Crippen molar-refractivity contribution in [3.8, 4) is 0 Å². The van der Waals surface area contributed by atoms with E-state index in [-0.39, 0.29) is 0 Å². The number of amidine groups is 1. The summed E-state index contributed by atoms with van der Waals surface area (Å²) in [7, 11) is 2.43. The van der Waals surface area contributed by atoms with Gasteiger partial charge in [-0.05, 0) is 0 Å². The summed E-state index contributed by atoms with van der Waals surface area (Å²) in [4.78, 5) is 7.65. The zero-order valence-electron chi connectivity index (χ0n) is 22.1. The van der Waals surface area contributed by atoms with Gasteiger partial charge in [-0.15, -0.1) is 0 Å². The van der Waals surface area contributed by atoms with Gasteiger partial charge < -0.3 is 0 Å². The van der Waals surface area contributed by atoms with Gasteiger partial charge in [0.15, 0.2) is 0 Å². The summed E-state index contributed by atoms with van der Waals surface area (Å²) in [5.41, 5.74) is 1.42. The van der Waals surface area contributed by atoms with Crippen LogP contribution in [0.5, 0.6) is 0 Å². The van der Waals surface area contributed by atoms with E-state index in [1.807, 2.05) is 0 Å². The third kappa shape index (κ3) is 6.04. The van der Waals surface area contributed by atoms with Crippen LogP contribution in [0.2, 0.25) is 10.5 Å². The fourth-order valence-corrected chi connectivity index (χ4v) is 23.6. The Kier molecular flexibility index (Phi) is 9.09. The van der Waals surface area contributed by atoms with Crippen molar-refractivity contribution in [3.05, 3.63) is 48.0 Å². The molecule has 5 heteroatoms. The molecule has 1 atom stereocenters. The summed E-state index contributed by atoms with van der Waals surface area (Å²) >= 11 is -2.04. The summed E-state index contributed by atoms with van der Waals surface area (Å²) in [6, 6.07) is 15.5. The van der Waals surface area contributed by atoms with E-state index in [1.165, 1.54) is 64.4 Å². The van der Waals surface area contributed by atoms with Crippen molar-refractivity contribution in [1.82, 2.24) is 8.76 Å². The molecular weight excluding hydrogens is 495 g/mol. The van der Waals surface area contributed by atoms with Gasteiger partial charge in [-0.25, -0.2) is 0 Å². The van der Waals surface area contributed by atoms with Crippen molar-refractivity contribution in [2.45, 2.75) is 63.9 Å². The molecular formula is C29H45GeN3S. The molecule has 0 amide bonds. The first-order valence-corrected chi connectivity index (χ1v) is 21.0. The normalized spacial score (nSPS) is 19.5. The molecule has 2 aromatic carbocycles. The minimum atomic E-state index is -2.04. The van der Waals surface area contributed by atoms with E-state index in [1.54, 1.807) is 0 Å². The Hall–Kier alpha value is -0.977. The first-order chi connectivity index (χ1) is 16.4. The second-order valence-electron chi connectivity index (χ2n) is 11.2. The summed E-state index contributed by atoms with van der Waals surface area (Å²) < 4.78 is 3.04. The quantitative estimate of drug-likeness (QED) is 0.280. The molecule has 0 N–H and O–H groups in total. The molecule has 186 valence electrons. The molecule has 0 aromatic heterocycles. The molecule has 1 saturated heterocycles. The Morgan fingerprint density at radius 1 is 0.882 bits per heavy atom. The Morgan fingerprint density at radius 3 is 2.32 bits per heavy atom. The van der Waals surface area contributed by atoms with Crippen molar-refractivity contribution < 1.29 is 0 Å². The molecule has 0 radical (unpaired) electrons. The second kappa shape index (κ2) is 11.8. The second-order valence-corrected chi connectivity index (χ2v) is 25.0. The van der Waals surface area contributed by atoms with Crippen LogP contribution in [0.4, 0.5) is 0 Å². The first-order valence-electron chi connectivity index (χ1n) is 13.6. The fourth-order valence-electron chi connectivity index (χ4n) is 5.72. The van der Waals surface area contributed by atoms with Crippen LogP contribution in [0, 0.1) is 11.8 Å². The van der Waals surface area contributed by atoms with E-state index < -0.39 is 12.3 Å². The van der Waals surface area contributed by atoms with Crippen LogP contribution in [-0.2, 0) is 0 Å². The topological polar surface area (TPSA) is 18.8 Å². The predicted molar refractivity (Wildman–Crippen MR) is 155 cm³/mol. The minimum absolute atomic E-state index is 0.342.